The molecule has 2 aliphatic rings. The highest BCUT2D eigenvalue weighted by Crippen LogP contribution is 2.40. The number of carbonyl (C=O) groups is 1. The zero-order chi connectivity index (χ0) is 12.6. The molecule has 2 fully saturated rings. The second kappa shape index (κ2) is 4.55. The minimum Gasteiger partial charge on any atom is -0.392 e. The summed E-state index contributed by atoms with van der Waals surface area (Å²) in [6.45, 7) is 4.68. The average molecular weight is 242 g/mol. The Morgan fingerprint density at radius 1 is 1.47 bits per heavy atom. The highest BCUT2D eigenvalue weighted by atomic mass is 16.5. The van der Waals surface area contributed by atoms with Crippen LogP contribution in [0.25, 0.3) is 0 Å². The van der Waals surface area contributed by atoms with Crippen molar-refractivity contribution >= 4 is 5.91 Å². The van der Waals surface area contributed by atoms with Gasteiger partial charge in [-0.2, -0.15) is 0 Å². The molecule has 1 aliphatic carbocycles. The largest absolute Gasteiger partial charge is 0.392 e. The zero-order valence-electron chi connectivity index (χ0n) is 10.7. The number of hydrogen-bond acceptors (Lipinski definition) is 4. The first-order valence-corrected chi connectivity index (χ1v) is 6.19. The Labute approximate surface area is 102 Å². The third kappa shape index (κ3) is 2.32. The van der Waals surface area contributed by atoms with Crippen LogP contribution in [-0.2, 0) is 9.53 Å². The Balaban J connectivity index is 1.83. The molecule has 2 rings (SSSR count). The lowest BCUT2D eigenvalue weighted by molar-refractivity contribution is -0.131. The minimum absolute atomic E-state index is 0.0227. The summed E-state index contributed by atoms with van der Waals surface area (Å²) in [4.78, 5) is 12.0. The first kappa shape index (κ1) is 12.8. The maximum atomic E-state index is 12.0. The summed E-state index contributed by atoms with van der Waals surface area (Å²) < 4.78 is 5.21. The van der Waals surface area contributed by atoms with Crippen LogP contribution in [0.4, 0.5) is 0 Å². The number of ether oxygens (including phenoxy) is 1. The lowest BCUT2D eigenvalue weighted by Crippen LogP contribution is -2.62. The van der Waals surface area contributed by atoms with Crippen molar-refractivity contribution in [3.8, 4) is 0 Å². The third-order valence-electron chi connectivity index (χ3n) is 4.27. The number of rotatable bonds is 3. The summed E-state index contributed by atoms with van der Waals surface area (Å²) in [7, 11) is 1.66. The summed E-state index contributed by atoms with van der Waals surface area (Å²) in [6, 6.07) is -0.0816. The smallest absolute Gasteiger partial charge is 0.237 e. The highest BCUT2D eigenvalue weighted by molar-refractivity contribution is 5.82. The van der Waals surface area contributed by atoms with Crippen LogP contribution >= 0.6 is 0 Å². The Morgan fingerprint density at radius 3 is 2.65 bits per heavy atom. The fourth-order valence-corrected chi connectivity index (χ4v) is 2.50. The van der Waals surface area contributed by atoms with E-state index in [0.29, 0.717) is 6.42 Å². The fraction of sp³-hybridized carbons (Fsp3) is 0.917. The van der Waals surface area contributed by atoms with Gasteiger partial charge in [-0.25, -0.2) is 0 Å². The van der Waals surface area contributed by atoms with Crippen molar-refractivity contribution in [2.75, 3.05) is 13.7 Å². The molecule has 17 heavy (non-hydrogen) atoms. The molecule has 98 valence electrons. The highest BCUT2D eigenvalue weighted by Gasteiger charge is 2.48. The molecule has 1 saturated carbocycles. The number of hydrogen-bond donors (Lipinski definition) is 3. The number of nitrogens with one attached hydrogen (secondary N) is 2. The van der Waals surface area contributed by atoms with Crippen LogP contribution in [-0.4, -0.2) is 49.0 Å². The molecule has 1 heterocycles. The zero-order valence-corrected chi connectivity index (χ0v) is 10.7. The average Bonchev–Trinajstić information content (AvgIpc) is 2.77. The van der Waals surface area contributed by atoms with Crippen LogP contribution in [0.1, 0.15) is 26.7 Å². The van der Waals surface area contributed by atoms with Gasteiger partial charge in [0, 0.05) is 25.1 Å². The van der Waals surface area contributed by atoms with Crippen molar-refractivity contribution in [3.63, 3.8) is 0 Å². The van der Waals surface area contributed by atoms with E-state index < -0.39 is 0 Å². The van der Waals surface area contributed by atoms with Crippen LogP contribution in [0.5, 0.6) is 0 Å². The van der Waals surface area contributed by atoms with Crippen molar-refractivity contribution < 1.29 is 14.6 Å². The van der Waals surface area contributed by atoms with Crippen LogP contribution < -0.4 is 10.6 Å². The molecule has 1 saturated heterocycles. The third-order valence-corrected chi connectivity index (χ3v) is 4.27. The van der Waals surface area contributed by atoms with Gasteiger partial charge in [-0.15, -0.1) is 0 Å². The van der Waals surface area contributed by atoms with Gasteiger partial charge in [0.1, 0.15) is 0 Å². The molecule has 4 atom stereocenters. The van der Waals surface area contributed by atoms with E-state index in [9.17, 15) is 9.90 Å². The topological polar surface area (TPSA) is 70.6 Å². The standard InChI is InChI=1S/C12H22N2O3/c1-12(2)9(5-10(12)15)14-11(16)8-4-7(17-3)6-13-8/h7-10,13,15H,4-6H2,1-3H3,(H,14,16). The van der Waals surface area contributed by atoms with Gasteiger partial charge in [-0.3, -0.25) is 4.79 Å². The van der Waals surface area contributed by atoms with Crippen LogP contribution in [0.3, 0.4) is 0 Å². The summed E-state index contributed by atoms with van der Waals surface area (Å²) in [6.07, 6.45) is 1.19. The molecule has 0 bridgehead atoms. The summed E-state index contributed by atoms with van der Waals surface area (Å²) in [5.41, 5.74) is -0.213. The number of aliphatic hydroxyl groups excluding tert-OH is 1. The maximum Gasteiger partial charge on any atom is 0.237 e. The Bertz CT molecular complexity index is 306. The molecule has 3 N–H and O–H groups in total. The number of methoxy groups -OCH3 is 1. The molecule has 0 aromatic rings. The van der Waals surface area contributed by atoms with Crippen LogP contribution in [0.15, 0.2) is 0 Å². The SMILES string of the molecule is COC1CNC(C(=O)NC2CC(O)C2(C)C)C1. The van der Waals surface area contributed by atoms with E-state index in [4.69, 9.17) is 4.74 Å². The van der Waals surface area contributed by atoms with Crippen molar-refractivity contribution in [3.05, 3.63) is 0 Å². The summed E-state index contributed by atoms with van der Waals surface area (Å²) in [5, 5.41) is 15.8. The first-order chi connectivity index (χ1) is 7.95. The van der Waals surface area contributed by atoms with E-state index >= 15 is 0 Å². The van der Waals surface area contributed by atoms with Gasteiger partial charge in [0.15, 0.2) is 0 Å². The molecule has 1 amide bonds. The van der Waals surface area contributed by atoms with Crippen molar-refractivity contribution in [2.24, 2.45) is 5.41 Å². The maximum absolute atomic E-state index is 12.0. The van der Waals surface area contributed by atoms with Gasteiger partial charge < -0.3 is 20.5 Å². The quantitative estimate of drug-likeness (QED) is 0.632. The Hall–Kier alpha value is -0.650. The Kier molecular flexibility index (Phi) is 3.43. The van der Waals surface area contributed by atoms with Gasteiger partial charge in [0.05, 0.1) is 18.2 Å². The minimum atomic E-state index is -0.309. The normalized spacial score (nSPS) is 39.8. The molecule has 0 aromatic carbocycles. The Morgan fingerprint density at radius 2 is 2.18 bits per heavy atom. The number of carbonyl (C=O) groups excluding carboxylic acids is 1. The molecule has 4 unspecified atom stereocenters. The molecular formula is C12H22N2O3. The monoisotopic (exact) mass is 242 g/mol. The van der Waals surface area contributed by atoms with E-state index in [1.54, 1.807) is 7.11 Å². The predicted octanol–water partition coefficient (Wildman–Crippen LogP) is -0.361. The van der Waals surface area contributed by atoms with E-state index in [2.05, 4.69) is 10.6 Å². The van der Waals surface area contributed by atoms with Crippen molar-refractivity contribution in [2.45, 2.75) is 51.0 Å². The molecular weight excluding hydrogens is 220 g/mol. The lowest BCUT2D eigenvalue weighted by Gasteiger charge is -2.49. The van der Waals surface area contributed by atoms with E-state index in [1.807, 2.05) is 13.8 Å². The first-order valence-electron chi connectivity index (χ1n) is 6.19. The van der Waals surface area contributed by atoms with E-state index in [0.717, 1.165) is 13.0 Å². The van der Waals surface area contributed by atoms with Gasteiger partial charge in [-0.05, 0) is 12.8 Å². The number of aliphatic hydroxyl groups is 1. The number of amides is 1. The van der Waals surface area contributed by atoms with Gasteiger partial charge in [-0.1, -0.05) is 13.8 Å². The second-order valence-corrected chi connectivity index (χ2v) is 5.69. The molecule has 0 spiro atoms. The lowest BCUT2D eigenvalue weighted by atomic mass is 9.64. The molecule has 0 radical (unpaired) electrons. The van der Waals surface area contributed by atoms with Crippen molar-refractivity contribution in [1.29, 1.82) is 0 Å². The van der Waals surface area contributed by atoms with E-state index in [1.165, 1.54) is 0 Å². The van der Waals surface area contributed by atoms with Crippen LogP contribution in [0, 0.1) is 5.41 Å². The summed E-state index contributed by atoms with van der Waals surface area (Å²) in [5.74, 6) is 0.0227. The predicted molar refractivity (Wildman–Crippen MR) is 63.5 cm³/mol. The molecule has 5 nitrogen and oxygen atoms in total. The molecule has 1 aliphatic heterocycles. The van der Waals surface area contributed by atoms with Crippen molar-refractivity contribution in [1.82, 2.24) is 10.6 Å². The molecule has 0 aromatic heterocycles. The van der Waals surface area contributed by atoms with Crippen LogP contribution in [0.2, 0.25) is 0 Å². The fourth-order valence-electron chi connectivity index (χ4n) is 2.50. The van der Waals surface area contributed by atoms with E-state index in [-0.39, 0.29) is 35.6 Å². The van der Waals surface area contributed by atoms with Gasteiger partial charge >= 0.3 is 0 Å². The van der Waals surface area contributed by atoms with Gasteiger partial charge in [0.2, 0.25) is 5.91 Å². The van der Waals surface area contributed by atoms with Gasteiger partial charge in [0.25, 0.3) is 0 Å². The second-order valence-electron chi connectivity index (χ2n) is 5.69. The summed E-state index contributed by atoms with van der Waals surface area (Å²) >= 11 is 0. The molecule has 5 heteroatoms.